The molecule has 1 unspecified atom stereocenters. The van der Waals surface area contributed by atoms with E-state index in [1.54, 1.807) is 0 Å². The summed E-state index contributed by atoms with van der Waals surface area (Å²) in [5.74, 6) is 2.04. The summed E-state index contributed by atoms with van der Waals surface area (Å²) < 4.78 is 5.33. The van der Waals surface area contributed by atoms with Gasteiger partial charge in [-0.3, -0.25) is 4.79 Å². The Morgan fingerprint density at radius 3 is 2.52 bits per heavy atom. The zero-order chi connectivity index (χ0) is 19.9. The average molecular weight is 421 g/mol. The van der Waals surface area contributed by atoms with Crippen LogP contribution in [-0.4, -0.2) is 28.6 Å². The van der Waals surface area contributed by atoms with Gasteiger partial charge in [0.1, 0.15) is 0 Å². The minimum Gasteiger partial charge on any atom is -0.352 e. The number of nitrogens with zero attached hydrogens (tertiary/aromatic N) is 2. The van der Waals surface area contributed by atoms with E-state index < -0.39 is 0 Å². The van der Waals surface area contributed by atoms with E-state index in [4.69, 9.17) is 10.3 Å². The van der Waals surface area contributed by atoms with Crippen LogP contribution < -0.4 is 11.1 Å². The van der Waals surface area contributed by atoms with Gasteiger partial charge in [-0.2, -0.15) is 4.98 Å². The quantitative estimate of drug-likeness (QED) is 0.666. The van der Waals surface area contributed by atoms with E-state index in [-0.39, 0.29) is 24.4 Å². The van der Waals surface area contributed by atoms with Gasteiger partial charge in [0, 0.05) is 31.0 Å². The van der Waals surface area contributed by atoms with Gasteiger partial charge in [0.15, 0.2) is 0 Å². The van der Waals surface area contributed by atoms with Crippen molar-refractivity contribution < 1.29 is 9.32 Å². The molecule has 1 atom stereocenters. The Bertz CT molecular complexity index is 754. The monoisotopic (exact) mass is 420 g/mol. The lowest BCUT2D eigenvalue weighted by molar-refractivity contribution is -0.122. The molecule has 1 fully saturated rings. The number of amides is 1. The molecule has 29 heavy (non-hydrogen) atoms. The molecule has 0 aliphatic heterocycles. The first-order chi connectivity index (χ1) is 13.6. The lowest BCUT2D eigenvalue weighted by Gasteiger charge is -2.30. The second-order valence-corrected chi connectivity index (χ2v) is 8.10. The lowest BCUT2D eigenvalue weighted by Crippen LogP contribution is -2.46. The maximum Gasteiger partial charge on any atom is 0.227 e. The number of hydrogen-bond acceptors (Lipinski definition) is 5. The molecule has 0 saturated heterocycles. The Balaban J connectivity index is 0.00000300. The molecule has 1 heterocycles. The van der Waals surface area contributed by atoms with Crippen LogP contribution in [0.1, 0.15) is 69.7 Å². The predicted octanol–water partition coefficient (Wildman–Crippen LogP) is 4.24. The molecular formula is C22H33ClN4O2. The number of nitrogens with two attached hydrogens (primary N) is 1. The average Bonchev–Trinajstić information content (AvgIpc) is 3.20. The van der Waals surface area contributed by atoms with Gasteiger partial charge in [0.25, 0.3) is 0 Å². The highest BCUT2D eigenvalue weighted by atomic mass is 35.5. The van der Waals surface area contributed by atoms with Gasteiger partial charge in [-0.05, 0) is 30.2 Å². The van der Waals surface area contributed by atoms with Crippen molar-refractivity contribution in [2.24, 2.45) is 11.7 Å². The third-order valence-corrected chi connectivity index (χ3v) is 5.69. The molecule has 1 amide bonds. The van der Waals surface area contributed by atoms with Crippen LogP contribution in [0, 0.1) is 5.92 Å². The first kappa shape index (κ1) is 23.4. The normalized spacial score (nSPS) is 15.7. The number of aryl methyl sites for hydroxylation is 1. The molecule has 7 heteroatoms. The smallest absolute Gasteiger partial charge is 0.227 e. The number of hydrogen-bond donors (Lipinski definition) is 2. The number of nitrogens with one attached hydrogen (secondary N) is 1. The maximum absolute atomic E-state index is 12.3. The zero-order valence-corrected chi connectivity index (χ0v) is 18.2. The molecule has 0 spiro atoms. The Hall–Kier alpha value is -1.92. The highest BCUT2D eigenvalue weighted by Gasteiger charge is 2.24. The van der Waals surface area contributed by atoms with Crippen LogP contribution in [0.4, 0.5) is 0 Å². The van der Waals surface area contributed by atoms with Gasteiger partial charge in [0.05, 0.1) is 0 Å². The molecule has 160 valence electrons. The highest BCUT2D eigenvalue weighted by Crippen LogP contribution is 2.26. The fourth-order valence-electron chi connectivity index (χ4n) is 3.90. The molecule has 3 N–H and O–H groups in total. The fraction of sp³-hybridized carbons (Fsp3) is 0.591. The summed E-state index contributed by atoms with van der Waals surface area (Å²) in [6.45, 7) is 4.82. The van der Waals surface area contributed by atoms with E-state index in [1.807, 2.05) is 12.1 Å². The topological polar surface area (TPSA) is 94.0 Å². The van der Waals surface area contributed by atoms with Gasteiger partial charge in [-0.1, -0.05) is 62.5 Å². The van der Waals surface area contributed by atoms with Gasteiger partial charge in [-0.15, -0.1) is 12.4 Å². The Morgan fingerprint density at radius 1 is 1.21 bits per heavy atom. The molecule has 2 aromatic rings. The summed E-state index contributed by atoms with van der Waals surface area (Å²) in [6.07, 6.45) is 6.85. The molecule has 0 radical (unpaired) electrons. The standard InChI is InChI=1S/C22H32N4O2.ClH/c1-15(2)16-8-10-18(11-9-16)22-25-21(28-26-22)13-12-20(27)24-19(14-23)17-6-4-3-5-7-17;/h8-11,15,17,19H,3-7,12-14,23H2,1-2H3,(H,24,27);1H. The molecular weight excluding hydrogens is 388 g/mol. The van der Waals surface area contributed by atoms with E-state index in [9.17, 15) is 4.79 Å². The number of benzene rings is 1. The summed E-state index contributed by atoms with van der Waals surface area (Å²) >= 11 is 0. The van der Waals surface area contributed by atoms with Crippen LogP contribution in [0.25, 0.3) is 11.4 Å². The van der Waals surface area contributed by atoms with E-state index in [0.29, 0.717) is 42.9 Å². The second kappa shape index (κ2) is 11.3. The Labute approximate surface area is 179 Å². The molecule has 6 nitrogen and oxygen atoms in total. The Morgan fingerprint density at radius 2 is 1.90 bits per heavy atom. The van der Waals surface area contributed by atoms with E-state index >= 15 is 0 Å². The number of rotatable bonds is 8. The van der Waals surface area contributed by atoms with Crippen LogP contribution in [-0.2, 0) is 11.2 Å². The van der Waals surface area contributed by atoms with Crippen molar-refractivity contribution in [1.82, 2.24) is 15.5 Å². The summed E-state index contributed by atoms with van der Waals surface area (Å²) in [7, 11) is 0. The SMILES string of the molecule is CC(C)c1ccc(-c2noc(CCC(=O)NC(CN)C3CCCCC3)n2)cc1.Cl. The number of aromatic nitrogens is 2. The summed E-state index contributed by atoms with van der Waals surface area (Å²) in [4.78, 5) is 16.8. The summed E-state index contributed by atoms with van der Waals surface area (Å²) in [6, 6.07) is 8.26. The fourth-order valence-corrected chi connectivity index (χ4v) is 3.90. The van der Waals surface area contributed by atoms with Crippen molar-refractivity contribution in [2.75, 3.05) is 6.54 Å². The lowest BCUT2D eigenvalue weighted by atomic mass is 9.84. The van der Waals surface area contributed by atoms with Crippen molar-refractivity contribution in [1.29, 1.82) is 0 Å². The van der Waals surface area contributed by atoms with Gasteiger partial charge in [0.2, 0.25) is 17.6 Å². The summed E-state index contributed by atoms with van der Waals surface area (Å²) in [5.41, 5.74) is 8.10. The summed E-state index contributed by atoms with van der Waals surface area (Å²) in [5, 5.41) is 7.16. The molecule has 0 bridgehead atoms. The van der Waals surface area contributed by atoms with Crippen molar-refractivity contribution in [3.63, 3.8) is 0 Å². The molecule has 1 aromatic heterocycles. The molecule has 1 aliphatic rings. The Kier molecular flexibility index (Phi) is 9.11. The highest BCUT2D eigenvalue weighted by molar-refractivity contribution is 5.85. The number of carbonyl (C=O) groups is 1. The number of halogens is 1. The molecule has 3 rings (SSSR count). The van der Waals surface area contributed by atoms with Gasteiger partial charge < -0.3 is 15.6 Å². The predicted molar refractivity (Wildman–Crippen MR) is 117 cm³/mol. The van der Waals surface area contributed by atoms with Crippen molar-refractivity contribution in [3.8, 4) is 11.4 Å². The van der Waals surface area contributed by atoms with Crippen molar-refractivity contribution in [3.05, 3.63) is 35.7 Å². The van der Waals surface area contributed by atoms with Crippen LogP contribution >= 0.6 is 12.4 Å². The van der Waals surface area contributed by atoms with Gasteiger partial charge in [-0.25, -0.2) is 0 Å². The third-order valence-electron chi connectivity index (χ3n) is 5.69. The van der Waals surface area contributed by atoms with Crippen LogP contribution in [0.3, 0.4) is 0 Å². The molecule has 1 aliphatic carbocycles. The molecule has 1 saturated carbocycles. The van der Waals surface area contributed by atoms with E-state index in [2.05, 4.69) is 41.4 Å². The van der Waals surface area contributed by atoms with Crippen LogP contribution in [0.2, 0.25) is 0 Å². The van der Waals surface area contributed by atoms with Crippen molar-refractivity contribution >= 4 is 18.3 Å². The first-order valence-corrected chi connectivity index (χ1v) is 10.5. The van der Waals surface area contributed by atoms with Crippen molar-refractivity contribution in [2.45, 2.75) is 70.8 Å². The van der Waals surface area contributed by atoms with Crippen LogP contribution in [0.5, 0.6) is 0 Å². The second-order valence-electron chi connectivity index (χ2n) is 8.10. The van der Waals surface area contributed by atoms with E-state index in [0.717, 1.165) is 18.4 Å². The minimum absolute atomic E-state index is 0. The largest absolute Gasteiger partial charge is 0.352 e. The number of carbonyl (C=O) groups excluding carboxylic acids is 1. The van der Waals surface area contributed by atoms with Gasteiger partial charge >= 0.3 is 0 Å². The maximum atomic E-state index is 12.3. The van der Waals surface area contributed by atoms with E-state index in [1.165, 1.54) is 24.8 Å². The van der Waals surface area contributed by atoms with Crippen LogP contribution in [0.15, 0.2) is 28.8 Å². The zero-order valence-electron chi connectivity index (χ0n) is 17.4. The first-order valence-electron chi connectivity index (χ1n) is 10.5. The molecule has 1 aromatic carbocycles. The third kappa shape index (κ3) is 6.54. The minimum atomic E-state index is 0.